The van der Waals surface area contributed by atoms with Crippen molar-refractivity contribution < 1.29 is 8.91 Å². The Bertz CT molecular complexity index is 617. The third kappa shape index (κ3) is 2.33. The molecule has 0 unspecified atom stereocenters. The summed E-state index contributed by atoms with van der Waals surface area (Å²) in [5.41, 5.74) is 1.55. The Morgan fingerprint density at radius 2 is 2.05 bits per heavy atom. The summed E-state index contributed by atoms with van der Waals surface area (Å²) in [4.78, 5) is 4.51. The average Bonchev–Trinajstić information content (AvgIpc) is 2.93. The summed E-state index contributed by atoms with van der Waals surface area (Å²) in [6, 6.07) is 4.62. The van der Waals surface area contributed by atoms with Crippen LogP contribution in [-0.2, 0) is 5.41 Å². The van der Waals surface area contributed by atoms with Gasteiger partial charge in [-0.25, -0.2) is 4.39 Å². The molecule has 0 aliphatic carbocycles. The molecule has 5 heteroatoms. The highest BCUT2D eigenvalue weighted by Gasteiger charge is 2.34. The van der Waals surface area contributed by atoms with E-state index in [1.54, 1.807) is 6.07 Å². The van der Waals surface area contributed by atoms with E-state index in [-0.39, 0.29) is 11.2 Å². The molecule has 1 aliphatic rings. The first-order valence-electron chi connectivity index (χ1n) is 6.90. The van der Waals surface area contributed by atoms with E-state index < -0.39 is 0 Å². The molecule has 4 nitrogen and oxygen atoms in total. The fourth-order valence-electron chi connectivity index (χ4n) is 2.61. The van der Waals surface area contributed by atoms with Crippen molar-refractivity contribution in [3.63, 3.8) is 0 Å². The lowest BCUT2D eigenvalue weighted by atomic mass is 9.81. The van der Waals surface area contributed by atoms with Crippen LogP contribution < -0.4 is 5.32 Å². The van der Waals surface area contributed by atoms with E-state index in [4.69, 9.17) is 4.52 Å². The molecule has 1 N–H and O–H groups in total. The van der Waals surface area contributed by atoms with Gasteiger partial charge < -0.3 is 9.84 Å². The maximum atomic E-state index is 13.4. The van der Waals surface area contributed by atoms with Crippen LogP contribution in [0, 0.1) is 12.7 Å². The topological polar surface area (TPSA) is 51.0 Å². The molecule has 0 saturated carbocycles. The molecule has 0 atom stereocenters. The molecule has 0 amide bonds. The molecular formula is C15H18FN3O. The molecule has 1 aromatic heterocycles. The number of hydrogen-bond donors (Lipinski definition) is 1. The Hall–Kier alpha value is -1.75. The van der Waals surface area contributed by atoms with Gasteiger partial charge in [0.15, 0.2) is 0 Å². The fourth-order valence-corrected chi connectivity index (χ4v) is 2.61. The minimum absolute atomic E-state index is 0.0856. The van der Waals surface area contributed by atoms with Crippen LogP contribution in [0.2, 0.25) is 0 Å². The van der Waals surface area contributed by atoms with Gasteiger partial charge in [-0.05, 0) is 50.6 Å². The second-order valence-corrected chi connectivity index (χ2v) is 5.69. The lowest BCUT2D eigenvalue weighted by molar-refractivity contribution is 0.241. The van der Waals surface area contributed by atoms with Gasteiger partial charge in [-0.2, -0.15) is 4.98 Å². The van der Waals surface area contributed by atoms with Gasteiger partial charge in [0.25, 0.3) is 0 Å². The Kier molecular flexibility index (Phi) is 3.30. The maximum absolute atomic E-state index is 13.4. The fraction of sp³-hybridized carbons (Fsp3) is 0.467. The van der Waals surface area contributed by atoms with E-state index in [9.17, 15) is 4.39 Å². The second kappa shape index (κ2) is 4.98. The lowest BCUT2D eigenvalue weighted by Gasteiger charge is -2.30. The van der Waals surface area contributed by atoms with Gasteiger partial charge in [0, 0.05) is 11.0 Å². The van der Waals surface area contributed by atoms with E-state index in [1.165, 1.54) is 12.1 Å². The largest absolute Gasteiger partial charge is 0.338 e. The number of nitrogens with zero attached hydrogens (tertiary/aromatic N) is 2. The van der Waals surface area contributed by atoms with Gasteiger partial charge >= 0.3 is 0 Å². The van der Waals surface area contributed by atoms with Crippen LogP contribution in [0.5, 0.6) is 0 Å². The van der Waals surface area contributed by atoms with Crippen molar-refractivity contribution in [1.29, 1.82) is 0 Å². The Morgan fingerprint density at radius 1 is 1.30 bits per heavy atom. The molecular weight excluding hydrogens is 257 g/mol. The summed E-state index contributed by atoms with van der Waals surface area (Å²) in [7, 11) is 0. The summed E-state index contributed by atoms with van der Waals surface area (Å²) < 4.78 is 18.8. The quantitative estimate of drug-likeness (QED) is 0.915. The van der Waals surface area contributed by atoms with Gasteiger partial charge in [0.2, 0.25) is 11.7 Å². The molecule has 20 heavy (non-hydrogen) atoms. The summed E-state index contributed by atoms with van der Waals surface area (Å²) in [6.45, 7) is 5.96. The first-order valence-corrected chi connectivity index (χ1v) is 6.90. The van der Waals surface area contributed by atoms with Crippen LogP contribution in [0.25, 0.3) is 11.4 Å². The maximum Gasteiger partial charge on any atom is 0.232 e. The SMILES string of the molecule is Cc1ccc(F)cc1-c1noc(C2(C)CCNCC2)n1. The first-order chi connectivity index (χ1) is 9.58. The second-order valence-electron chi connectivity index (χ2n) is 5.69. The number of nitrogens with one attached hydrogen (secondary N) is 1. The molecule has 0 radical (unpaired) electrons. The molecule has 1 aliphatic heterocycles. The van der Waals surface area contributed by atoms with Crippen molar-refractivity contribution in [1.82, 2.24) is 15.5 Å². The van der Waals surface area contributed by atoms with E-state index >= 15 is 0 Å². The molecule has 1 fully saturated rings. The van der Waals surface area contributed by atoms with Gasteiger partial charge in [-0.1, -0.05) is 18.1 Å². The van der Waals surface area contributed by atoms with Gasteiger partial charge in [0.05, 0.1) is 0 Å². The lowest BCUT2D eigenvalue weighted by Crippen LogP contribution is -2.37. The molecule has 1 saturated heterocycles. The van der Waals surface area contributed by atoms with E-state index in [0.29, 0.717) is 17.3 Å². The average molecular weight is 275 g/mol. The van der Waals surface area contributed by atoms with E-state index in [1.807, 2.05) is 6.92 Å². The number of benzene rings is 1. The summed E-state index contributed by atoms with van der Waals surface area (Å²) in [5.74, 6) is 0.833. The monoisotopic (exact) mass is 275 g/mol. The Labute approximate surface area is 117 Å². The van der Waals surface area contributed by atoms with Gasteiger partial charge in [0.1, 0.15) is 5.82 Å². The molecule has 0 spiro atoms. The van der Waals surface area contributed by atoms with Crippen LogP contribution in [0.1, 0.15) is 31.2 Å². The molecule has 0 bridgehead atoms. The number of aryl methyl sites for hydroxylation is 1. The zero-order valence-corrected chi connectivity index (χ0v) is 11.7. The molecule has 106 valence electrons. The molecule has 3 rings (SSSR count). The van der Waals surface area contributed by atoms with Crippen LogP contribution >= 0.6 is 0 Å². The third-order valence-electron chi connectivity index (χ3n) is 4.09. The van der Waals surface area contributed by atoms with Gasteiger partial charge in [-0.3, -0.25) is 0 Å². The zero-order valence-electron chi connectivity index (χ0n) is 11.7. The van der Waals surface area contributed by atoms with Crippen molar-refractivity contribution in [2.45, 2.75) is 32.1 Å². The van der Waals surface area contributed by atoms with Crippen molar-refractivity contribution >= 4 is 0 Å². The highest BCUT2D eigenvalue weighted by atomic mass is 19.1. The van der Waals surface area contributed by atoms with Crippen LogP contribution in [0.4, 0.5) is 4.39 Å². The smallest absolute Gasteiger partial charge is 0.232 e. The first kappa shape index (κ1) is 13.2. The van der Waals surface area contributed by atoms with Crippen LogP contribution in [-0.4, -0.2) is 23.2 Å². The number of piperidine rings is 1. The van der Waals surface area contributed by atoms with E-state index in [0.717, 1.165) is 31.5 Å². The Morgan fingerprint density at radius 3 is 2.80 bits per heavy atom. The standard InChI is InChI=1S/C15H18FN3O/c1-10-3-4-11(16)9-12(10)13-18-14(20-19-13)15(2)5-7-17-8-6-15/h3-4,9,17H,5-8H2,1-2H3. The highest BCUT2D eigenvalue weighted by Crippen LogP contribution is 2.33. The van der Waals surface area contributed by atoms with Crippen molar-refractivity contribution in [3.05, 3.63) is 35.5 Å². The van der Waals surface area contributed by atoms with Crippen LogP contribution in [0.3, 0.4) is 0 Å². The summed E-state index contributed by atoms with van der Waals surface area (Å²) in [6.07, 6.45) is 1.94. The zero-order chi connectivity index (χ0) is 14.2. The number of halogens is 1. The van der Waals surface area contributed by atoms with Crippen LogP contribution in [0.15, 0.2) is 22.7 Å². The number of aromatic nitrogens is 2. The Balaban J connectivity index is 1.95. The summed E-state index contributed by atoms with van der Waals surface area (Å²) >= 11 is 0. The predicted molar refractivity (Wildman–Crippen MR) is 73.9 cm³/mol. The molecule has 2 heterocycles. The van der Waals surface area contributed by atoms with Crippen molar-refractivity contribution in [3.8, 4) is 11.4 Å². The minimum atomic E-state index is -0.287. The minimum Gasteiger partial charge on any atom is -0.338 e. The molecule has 1 aromatic carbocycles. The summed E-state index contributed by atoms with van der Waals surface area (Å²) in [5, 5.41) is 7.36. The highest BCUT2D eigenvalue weighted by molar-refractivity contribution is 5.59. The van der Waals surface area contributed by atoms with E-state index in [2.05, 4.69) is 22.4 Å². The number of rotatable bonds is 2. The van der Waals surface area contributed by atoms with Crippen molar-refractivity contribution in [2.75, 3.05) is 13.1 Å². The molecule has 2 aromatic rings. The third-order valence-corrected chi connectivity index (χ3v) is 4.09. The number of hydrogen-bond acceptors (Lipinski definition) is 4. The van der Waals surface area contributed by atoms with Gasteiger partial charge in [-0.15, -0.1) is 0 Å². The normalized spacial score (nSPS) is 18.1. The predicted octanol–water partition coefficient (Wildman–Crippen LogP) is 2.83. The van der Waals surface area contributed by atoms with Crippen molar-refractivity contribution in [2.24, 2.45) is 0 Å².